The zero-order chi connectivity index (χ0) is 9.72. The minimum atomic E-state index is -0.905. The van der Waals surface area contributed by atoms with Gasteiger partial charge in [0.1, 0.15) is 6.04 Å². The van der Waals surface area contributed by atoms with Crippen LogP contribution in [-0.4, -0.2) is 29.2 Å². The quantitative estimate of drug-likeness (QED) is 0.589. The summed E-state index contributed by atoms with van der Waals surface area (Å²) in [5, 5.41) is 14.1. The molecule has 2 unspecified atom stereocenters. The van der Waals surface area contributed by atoms with Gasteiger partial charge in [-0.3, -0.25) is 4.79 Å². The van der Waals surface area contributed by atoms with E-state index in [4.69, 9.17) is 5.11 Å². The third-order valence-corrected chi connectivity index (χ3v) is 1.35. The standard InChI is InChI=1S/C7H14N2O3/c1-4(2)8-6(5(3)10)7(11)9-12/h4-6,8,10H,1-3H3. The Bertz CT molecular complexity index is 168. The molecule has 0 bridgehead atoms. The number of nitrogens with zero attached hydrogens (tertiary/aromatic N) is 1. The van der Waals surface area contributed by atoms with Crippen LogP contribution in [0.25, 0.3) is 0 Å². The molecule has 0 radical (unpaired) electrons. The summed E-state index contributed by atoms with van der Waals surface area (Å²) in [6, 6.07) is -0.863. The lowest BCUT2D eigenvalue weighted by Gasteiger charge is -2.19. The predicted molar refractivity (Wildman–Crippen MR) is 44.5 cm³/mol. The fourth-order valence-corrected chi connectivity index (χ4v) is 0.833. The molecule has 0 aliphatic rings. The first-order chi connectivity index (χ1) is 5.49. The SMILES string of the molecule is CC(C)NC(C(=O)N=O)C(C)O. The number of aliphatic hydroxyl groups excluding tert-OH is 1. The molecule has 0 rings (SSSR count). The highest BCUT2D eigenvalue weighted by Crippen LogP contribution is 1.97. The molecule has 2 atom stereocenters. The van der Waals surface area contributed by atoms with Gasteiger partial charge in [0.25, 0.3) is 0 Å². The number of carbonyl (C=O) groups is 1. The normalized spacial score (nSPS) is 15.8. The number of amides is 1. The summed E-state index contributed by atoms with van der Waals surface area (Å²) in [5.41, 5.74) is 0. The summed E-state index contributed by atoms with van der Waals surface area (Å²) in [4.78, 5) is 20.7. The minimum absolute atomic E-state index is 0.0234. The number of nitroso groups, excluding NO2 is 1. The third kappa shape index (κ3) is 3.54. The Morgan fingerprint density at radius 1 is 1.42 bits per heavy atom. The minimum Gasteiger partial charge on any atom is -0.391 e. The van der Waals surface area contributed by atoms with Crippen molar-refractivity contribution in [3.05, 3.63) is 4.91 Å². The Labute approximate surface area is 71.1 Å². The summed E-state index contributed by atoms with van der Waals surface area (Å²) >= 11 is 0. The Morgan fingerprint density at radius 3 is 2.17 bits per heavy atom. The van der Waals surface area contributed by atoms with Crippen molar-refractivity contribution in [1.29, 1.82) is 0 Å². The van der Waals surface area contributed by atoms with E-state index in [0.29, 0.717) is 0 Å². The zero-order valence-corrected chi connectivity index (χ0v) is 7.44. The van der Waals surface area contributed by atoms with Crippen molar-refractivity contribution >= 4 is 5.91 Å². The van der Waals surface area contributed by atoms with Gasteiger partial charge in [-0.2, -0.15) is 0 Å². The lowest BCUT2D eigenvalue weighted by molar-refractivity contribution is -0.122. The monoisotopic (exact) mass is 174 g/mol. The van der Waals surface area contributed by atoms with Crippen molar-refractivity contribution in [2.45, 2.75) is 39.0 Å². The average Bonchev–Trinajstić information content (AvgIpc) is 1.98. The summed E-state index contributed by atoms with van der Waals surface area (Å²) in [7, 11) is 0. The molecule has 5 heteroatoms. The van der Waals surface area contributed by atoms with Crippen molar-refractivity contribution < 1.29 is 9.90 Å². The molecule has 0 aromatic rings. The van der Waals surface area contributed by atoms with E-state index in [9.17, 15) is 9.70 Å². The van der Waals surface area contributed by atoms with E-state index in [1.54, 1.807) is 0 Å². The molecule has 0 aromatic heterocycles. The van der Waals surface area contributed by atoms with Crippen molar-refractivity contribution in [1.82, 2.24) is 5.32 Å². The van der Waals surface area contributed by atoms with Gasteiger partial charge in [0.05, 0.1) is 6.10 Å². The molecular weight excluding hydrogens is 160 g/mol. The molecule has 70 valence electrons. The van der Waals surface area contributed by atoms with Crippen LogP contribution < -0.4 is 5.32 Å². The van der Waals surface area contributed by atoms with E-state index in [1.165, 1.54) is 6.92 Å². The van der Waals surface area contributed by atoms with Gasteiger partial charge < -0.3 is 10.4 Å². The molecule has 0 aromatic carbocycles. The molecule has 2 N–H and O–H groups in total. The average molecular weight is 174 g/mol. The predicted octanol–water partition coefficient (Wildman–Crippen LogP) is 0.0268. The molecule has 0 spiro atoms. The summed E-state index contributed by atoms with van der Waals surface area (Å²) < 4.78 is 0. The number of hydrogen-bond donors (Lipinski definition) is 2. The van der Waals surface area contributed by atoms with Crippen molar-refractivity contribution in [2.24, 2.45) is 5.18 Å². The van der Waals surface area contributed by atoms with Crippen molar-refractivity contribution in [3.8, 4) is 0 Å². The molecule has 0 heterocycles. The number of hydrogen-bond acceptors (Lipinski definition) is 4. The highest BCUT2D eigenvalue weighted by molar-refractivity contribution is 5.82. The topological polar surface area (TPSA) is 78.8 Å². The van der Waals surface area contributed by atoms with Gasteiger partial charge in [0, 0.05) is 11.2 Å². The van der Waals surface area contributed by atoms with Crippen LogP contribution in [0, 0.1) is 4.91 Å². The highest BCUT2D eigenvalue weighted by atomic mass is 16.3. The highest BCUT2D eigenvalue weighted by Gasteiger charge is 2.24. The molecule has 0 aliphatic heterocycles. The van der Waals surface area contributed by atoms with E-state index >= 15 is 0 Å². The maximum absolute atomic E-state index is 10.8. The number of aliphatic hydroxyl groups is 1. The zero-order valence-electron chi connectivity index (χ0n) is 7.44. The Hall–Kier alpha value is -0.810. The first-order valence-corrected chi connectivity index (χ1v) is 3.80. The first-order valence-electron chi connectivity index (χ1n) is 3.80. The molecule has 5 nitrogen and oxygen atoms in total. The van der Waals surface area contributed by atoms with Gasteiger partial charge in [-0.15, -0.1) is 4.91 Å². The van der Waals surface area contributed by atoms with E-state index in [1.807, 2.05) is 13.8 Å². The van der Waals surface area contributed by atoms with Gasteiger partial charge in [0.2, 0.25) is 0 Å². The van der Waals surface area contributed by atoms with Crippen LogP contribution in [0.1, 0.15) is 20.8 Å². The fraction of sp³-hybridized carbons (Fsp3) is 0.857. The maximum Gasteiger partial charge on any atom is 0.305 e. The molecule has 0 saturated carbocycles. The number of rotatable bonds is 4. The third-order valence-electron chi connectivity index (χ3n) is 1.35. The Kier molecular flexibility index (Phi) is 4.61. The smallest absolute Gasteiger partial charge is 0.305 e. The van der Waals surface area contributed by atoms with Gasteiger partial charge in [-0.1, -0.05) is 13.8 Å². The summed E-state index contributed by atoms with van der Waals surface area (Å²) in [6.07, 6.45) is -0.905. The van der Waals surface area contributed by atoms with Crippen molar-refractivity contribution in [3.63, 3.8) is 0 Å². The Morgan fingerprint density at radius 2 is 1.92 bits per heavy atom. The Balaban J connectivity index is 4.23. The molecule has 1 amide bonds. The van der Waals surface area contributed by atoms with E-state index in [0.717, 1.165) is 0 Å². The van der Waals surface area contributed by atoms with Crippen LogP contribution in [0.4, 0.5) is 0 Å². The van der Waals surface area contributed by atoms with Gasteiger partial charge in [-0.25, -0.2) is 0 Å². The first kappa shape index (κ1) is 11.2. The maximum atomic E-state index is 10.8. The molecule has 0 fully saturated rings. The fourth-order valence-electron chi connectivity index (χ4n) is 0.833. The van der Waals surface area contributed by atoms with Crippen LogP contribution in [-0.2, 0) is 4.79 Å². The van der Waals surface area contributed by atoms with E-state index < -0.39 is 18.1 Å². The second-order valence-corrected chi connectivity index (χ2v) is 2.97. The van der Waals surface area contributed by atoms with Gasteiger partial charge in [-0.05, 0) is 6.92 Å². The number of carbonyl (C=O) groups excluding carboxylic acids is 1. The van der Waals surface area contributed by atoms with Crippen molar-refractivity contribution in [2.75, 3.05) is 0 Å². The second kappa shape index (κ2) is 4.95. The lowest BCUT2D eigenvalue weighted by atomic mass is 10.1. The largest absolute Gasteiger partial charge is 0.391 e. The summed E-state index contributed by atoms with van der Waals surface area (Å²) in [6.45, 7) is 5.06. The molecule has 12 heavy (non-hydrogen) atoms. The van der Waals surface area contributed by atoms with Crippen LogP contribution in [0.3, 0.4) is 0 Å². The van der Waals surface area contributed by atoms with Crippen LogP contribution in [0.5, 0.6) is 0 Å². The van der Waals surface area contributed by atoms with Crippen LogP contribution in [0.15, 0.2) is 5.18 Å². The van der Waals surface area contributed by atoms with Crippen LogP contribution >= 0.6 is 0 Å². The van der Waals surface area contributed by atoms with Gasteiger partial charge in [0.15, 0.2) is 0 Å². The second-order valence-electron chi connectivity index (χ2n) is 2.97. The van der Waals surface area contributed by atoms with Crippen LogP contribution in [0.2, 0.25) is 0 Å². The molecule has 0 aliphatic carbocycles. The lowest BCUT2D eigenvalue weighted by Crippen LogP contribution is -2.47. The number of nitrogens with one attached hydrogen (secondary N) is 1. The van der Waals surface area contributed by atoms with E-state index in [2.05, 4.69) is 10.5 Å². The van der Waals surface area contributed by atoms with Gasteiger partial charge >= 0.3 is 5.91 Å². The van der Waals surface area contributed by atoms with E-state index in [-0.39, 0.29) is 6.04 Å². The molecular formula is C7H14N2O3. The summed E-state index contributed by atoms with van der Waals surface area (Å²) in [5.74, 6) is -0.862. The molecule has 0 saturated heterocycles.